The Morgan fingerprint density at radius 1 is 1.36 bits per heavy atom. The van der Waals surface area contributed by atoms with Crippen LogP contribution in [0.5, 0.6) is 0 Å². The molecule has 2 fully saturated rings. The second kappa shape index (κ2) is 2.96. The van der Waals surface area contributed by atoms with Gasteiger partial charge in [0.25, 0.3) is 0 Å². The quantitative estimate of drug-likeness (QED) is 0.605. The lowest BCUT2D eigenvalue weighted by Crippen LogP contribution is -2.32. The zero-order valence-electron chi connectivity index (χ0n) is 9.13. The van der Waals surface area contributed by atoms with Crippen molar-refractivity contribution in [1.82, 2.24) is 0 Å². The van der Waals surface area contributed by atoms with E-state index in [2.05, 4.69) is 0 Å². The Kier molecular flexibility index (Phi) is 2.11. The van der Waals surface area contributed by atoms with E-state index >= 15 is 0 Å². The third kappa shape index (κ3) is 2.08. The highest BCUT2D eigenvalue weighted by Gasteiger charge is 2.52. The Morgan fingerprint density at radius 2 is 2.00 bits per heavy atom. The summed E-state index contributed by atoms with van der Waals surface area (Å²) in [6.45, 7) is 5.65. The van der Waals surface area contributed by atoms with Gasteiger partial charge in [0.1, 0.15) is 5.60 Å². The number of ether oxygens (including phenoxy) is 2. The highest BCUT2D eigenvalue weighted by molar-refractivity contribution is 5.75. The number of rotatable bonds is 1. The van der Waals surface area contributed by atoms with Gasteiger partial charge in [-0.1, -0.05) is 0 Å². The summed E-state index contributed by atoms with van der Waals surface area (Å²) in [6, 6.07) is 0. The van der Waals surface area contributed by atoms with Gasteiger partial charge in [-0.2, -0.15) is 0 Å². The van der Waals surface area contributed by atoms with E-state index in [1.165, 1.54) is 0 Å². The largest absolute Gasteiger partial charge is 0.458 e. The summed E-state index contributed by atoms with van der Waals surface area (Å²) in [7, 11) is 0. The van der Waals surface area contributed by atoms with Crippen LogP contribution in [-0.4, -0.2) is 23.3 Å². The number of hydrogen-bond donors (Lipinski definition) is 0. The summed E-state index contributed by atoms with van der Waals surface area (Å²) in [6.07, 6.45) is 3.78. The molecule has 0 aromatic heterocycles. The summed E-state index contributed by atoms with van der Waals surface area (Å²) in [5, 5.41) is 0. The molecule has 0 unspecified atom stereocenters. The van der Waals surface area contributed by atoms with Gasteiger partial charge in [-0.15, -0.1) is 0 Å². The number of carbonyl (C=O) groups excluding carboxylic acids is 1. The normalized spacial score (nSPS) is 29.2. The first-order chi connectivity index (χ1) is 6.40. The molecule has 1 saturated carbocycles. The molecule has 3 heteroatoms. The first kappa shape index (κ1) is 9.97. The van der Waals surface area contributed by atoms with Gasteiger partial charge in [-0.05, 0) is 46.5 Å². The fraction of sp³-hybridized carbons (Fsp3) is 0.909. The molecule has 1 aliphatic carbocycles. The Labute approximate surface area is 84.8 Å². The van der Waals surface area contributed by atoms with E-state index in [-0.39, 0.29) is 17.7 Å². The lowest BCUT2D eigenvalue weighted by molar-refractivity contribution is -0.168. The van der Waals surface area contributed by atoms with Crippen LogP contribution < -0.4 is 0 Å². The van der Waals surface area contributed by atoms with Crippen LogP contribution in [0, 0.1) is 0 Å². The average Bonchev–Trinajstić information content (AvgIpc) is 2.57. The van der Waals surface area contributed by atoms with Crippen LogP contribution in [0.15, 0.2) is 0 Å². The molecule has 1 spiro atoms. The van der Waals surface area contributed by atoms with Crippen molar-refractivity contribution in [3.05, 3.63) is 0 Å². The number of esters is 1. The van der Waals surface area contributed by atoms with Crippen molar-refractivity contribution in [3.63, 3.8) is 0 Å². The third-order valence-electron chi connectivity index (χ3n) is 2.73. The van der Waals surface area contributed by atoms with Crippen molar-refractivity contribution in [2.75, 3.05) is 0 Å². The van der Waals surface area contributed by atoms with Crippen molar-refractivity contribution in [1.29, 1.82) is 0 Å². The highest BCUT2D eigenvalue weighted by atomic mass is 16.6. The summed E-state index contributed by atoms with van der Waals surface area (Å²) in [4.78, 5) is 11.6. The third-order valence-corrected chi connectivity index (χ3v) is 2.73. The van der Waals surface area contributed by atoms with Gasteiger partial charge in [0, 0.05) is 0 Å². The predicted octanol–water partition coefficient (Wildman–Crippen LogP) is 2.04. The zero-order valence-corrected chi connectivity index (χ0v) is 9.13. The second-order valence-electron chi connectivity index (χ2n) is 5.36. The first-order valence-electron chi connectivity index (χ1n) is 5.31. The smallest absolute Gasteiger partial charge is 0.335 e. The summed E-state index contributed by atoms with van der Waals surface area (Å²) in [5.74, 6) is -0.193. The van der Waals surface area contributed by atoms with Gasteiger partial charge in [0.2, 0.25) is 0 Å². The second-order valence-corrected chi connectivity index (χ2v) is 5.36. The fourth-order valence-electron chi connectivity index (χ4n) is 1.85. The van der Waals surface area contributed by atoms with Crippen molar-refractivity contribution in [2.45, 2.75) is 63.8 Å². The molecule has 1 aliphatic heterocycles. The van der Waals surface area contributed by atoms with E-state index < -0.39 is 5.60 Å². The molecule has 0 N–H and O–H groups in total. The number of carbonyl (C=O) groups is 1. The van der Waals surface area contributed by atoms with E-state index in [4.69, 9.17) is 9.47 Å². The van der Waals surface area contributed by atoms with Gasteiger partial charge in [-0.3, -0.25) is 0 Å². The minimum atomic E-state index is -0.403. The van der Waals surface area contributed by atoms with Gasteiger partial charge in [-0.25, -0.2) is 4.79 Å². The minimum Gasteiger partial charge on any atom is -0.458 e. The Hall–Kier alpha value is -0.570. The van der Waals surface area contributed by atoms with Crippen molar-refractivity contribution >= 4 is 5.97 Å². The molecule has 0 bridgehead atoms. The fourth-order valence-corrected chi connectivity index (χ4v) is 1.85. The van der Waals surface area contributed by atoms with E-state index in [1.54, 1.807) is 0 Å². The summed E-state index contributed by atoms with van der Waals surface area (Å²) < 4.78 is 11.0. The molecule has 0 aromatic rings. The highest BCUT2D eigenvalue weighted by Crippen LogP contribution is 2.49. The maximum atomic E-state index is 11.6. The topological polar surface area (TPSA) is 35.5 Å². The standard InChI is InChI=1S/C11H18O3/c1-10(2,3)14-9(12)8-4-5-11(13-8)6-7-11/h8H,4-7H2,1-3H3/t8-/m0/s1. The Bertz CT molecular complexity index is 248. The van der Waals surface area contributed by atoms with E-state index in [1.807, 2.05) is 20.8 Å². The molecule has 2 rings (SSSR count). The monoisotopic (exact) mass is 198 g/mol. The molecule has 0 aromatic carbocycles. The van der Waals surface area contributed by atoms with Crippen LogP contribution in [0.2, 0.25) is 0 Å². The molecule has 0 amide bonds. The molecule has 14 heavy (non-hydrogen) atoms. The molecule has 1 saturated heterocycles. The minimum absolute atomic E-state index is 0.0710. The van der Waals surface area contributed by atoms with Crippen LogP contribution in [0.3, 0.4) is 0 Å². The lowest BCUT2D eigenvalue weighted by Gasteiger charge is -2.22. The molecular formula is C11H18O3. The maximum absolute atomic E-state index is 11.6. The van der Waals surface area contributed by atoms with Gasteiger partial charge in [0.05, 0.1) is 5.60 Å². The molecule has 1 heterocycles. The van der Waals surface area contributed by atoms with Gasteiger partial charge >= 0.3 is 5.97 Å². The molecule has 1 atom stereocenters. The van der Waals surface area contributed by atoms with Crippen molar-refractivity contribution in [2.24, 2.45) is 0 Å². The van der Waals surface area contributed by atoms with Crippen LogP contribution >= 0.6 is 0 Å². The molecule has 2 aliphatic rings. The van der Waals surface area contributed by atoms with E-state index in [0.29, 0.717) is 0 Å². The maximum Gasteiger partial charge on any atom is 0.335 e. The van der Waals surface area contributed by atoms with E-state index in [9.17, 15) is 4.79 Å². The van der Waals surface area contributed by atoms with Crippen LogP contribution in [-0.2, 0) is 14.3 Å². The van der Waals surface area contributed by atoms with Crippen LogP contribution in [0.1, 0.15) is 46.5 Å². The predicted molar refractivity (Wildman–Crippen MR) is 51.9 cm³/mol. The van der Waals surface area contributed by atoms with Crippen molar-refractivity contribution in [3.8, 4) is 0 Å². The van der Waals surface area contributed by atoms with Crippen LogP contribution in [0.4, 0.5) is 0 Å². The Morgan fingerprint density at radius 3 is 2.43 bits per heavy atom. The lowest BCUT2D eigenvalue weighted by atomic mass is 10.1. The Balaban J connectivity index is 1.87. The number of hydrogen-bond acceptors (Lipinski definition) is 3. The van der Waals surface area contributed by atoms with Crippen LogP contribution in [0.25, 0.3) is 0 Å². The van der Waals surface area contributed by atoms with Crippen molar-refractivity contribution < 1.29 is 14.3 Å². The van der Waals surface area contributed by atoms with Gasteiger partial charge in [0.15, 0.2) is 6.10 Å². The first-order valence-corrected chi connectivity index (χ1v) is 5.31. The van der Waals surface area contributed by atoms with Gasteiger partial charge < -0.3 is 9.47 Å². The molecule has 80 valence electrons. The zero-order chi connectivity index (χ0) is 10.4. The summed E-state index contributed by atoms with van der Waals surface area (Å²) >= 11 is 0. The molecule has 3 nitrogen and oxygen atoms in total. The molecular weight excluding hydrogens is 180 g/mol. The van der Waals surface area contributed by atoms with E-state index in [0.717, 1.165) is 25.7 Å². The SMILES string of the molecule is CC(C)(C)OC(=O)[C@@H]1CCC2(CC2)O1. The molecule has 0 radical (unpaired) electrons. The summed E-state index contributed by atoms with van der Waals surface area (Å²) in [5.41, 5.74) is -0.332. The average molecular weight is 198 g/mol.